The van der Waals surface area contributed by atoms with Crippen molar-refractivity contribution in [2.75, 3.05) is 0 Å². The van der Waals surface area contributed by atoms with Crippen molar-refractivity contribution in [2.45, 2.75) is 86.1 Å². The first-order chi connectivity index (χ1) is 13.9. The van der Waals surface area contributed by atoms with Crippen LogP contribution >= 0.6 is 0 Å². The van der Waals surface area contributed by atoms with Gasteiger partial charge < -0.3 is 5.73 Å². The van der Waals surface area contributed by atoms with Gasteiger partial charge >= 0.3 is 6.18 Å². The minimum Gasteiger partial charge on any atom is -0.325 e. The number of sulfone groups is 1. The Hall–Kier alpha value is -1.48. The van der Waals surface area contributed by atoms with E-state index in [1.165, 1.54) is 0 Å². The lowest BCUT2D eigenvalue weighted by molar-refractivity contribution is -0.138. The van der Waals surface area contributed by atoms with E-state index in [0.29, 0.717) is 31.4 Å². The zero-order valence-corrected chi connectivity index (χ0v) is 17.5. The summed E-state index contributed by atoms with van der Waals surface area (Å²) in [5.41, 5.74) is 4.56. The molecule has 168 valence electrons. The fourth-order valence-corrected chi connectivity index (χ4v) is 6.53. The van der Waals surface area contributed by atoms with Gasteiger partial charge in [0.05, 0.1) is 15.7 Å². The Bertz CT molecular complexity index is 886. The maximum Gasteiger partial charge on any atom is 0.416 e. The summed E-state index contributed by atoms with van der Waals surface area (Å²) in [6.45, 7) is 0. The number of alkyl halides is 3. The Morgan fingerprint density at radius 2 is 1.73 bits per heavy atom. The fourth-order valence-electron chi connectivity index (χ4n) is 4.53. The average molecular weight is 450 g/mol. The number of nitrogens with two attached hydrogens (primary N) is 1. The second kappa shape index (κ2) is 8.57. The molecule has 2 aliphatic rings. The minimum absolute atomic E-state index is 0.0180. The summed E-state index contributed by atoms with van der Waals surface area (Å²) in [6, 6.07) is 1.40. The van der Waals surface area contributed by atoms with E-state index in [-0.39, 0.29) is 30.6 Å². The lowest BCUT2D eigenvalue weighted by Crippen LogP contribution is -2.43. The highest BCUT2D eigenvalue weighted by Gasteiger charge is 2.41. The molecule has 0 radical (unpaired) electrons. The molecule has 9 heteroatoms. The Labute approximate surface area is 174 Å². The summed E-state index contributed by atoms with van der Waals surface area (Å²) in [4.78, 5) is 11.6. The van der Waals surface area contributed by atoms with Crippen LogP contribution in [0.3, 0.4) is 0 Å². The highest BCUT2D eigenvalue weighted by Crippen LogP contribution is 2.40. The standard InChI is InChI=1S/C21H27F4NO3S/c22-16-10-15(21(23,24)25)11-19(12-16)30(28,29)18-8-14(9-18)4-5-17(27)13-20(26)6-2-1-3-7-20/h10-12,14,18H,1-9,13,26H2. The van der Waals surface area contributed by atoms with Crippen molar-refractivity contribution in [3.8, 4) is 0 Å². The molecule has 1 aromatic carbocycles. The Morgan fingerprint density at radius 3 is 2.33 bits per heavy atom. The van der Waals surface area contributed by atoms with Crippen molar-refractivity contribution in [3.63, 3.8) is 0 Å². The predicted octanol–water partition coefficient (Wildman–Crippen LogP) is 4.80. The molecule has 0 saturated heterocycles. The lowest BCUT2D eigenvalue weighted by atomic mass is 9.77. The van der Waals surface area contributed by atoms with Crippen LogP contribution in [0.1, 0.15) is 69.8 Å². The zero-order chi connectivity index (χ0) is 22.2. The van der Waals surface area contributed by atoms with Gasteiger partial charge in [0.15, 0.2) is 9.84 Å². The van der Waals surface area contributed by atoms with E-state index in [1.54, 1.807) is 0 Å². The maximum atomic E-state index is 13.6. The number of halogens is 4. The molecule has 1 aromatic rings. The van der Waals surface area contributed by atoms with E-state index < -0.39 is 43.1 Å². The molecule has 2 saturated carbocycles. The summed E-state index contributed by atoms with van der Waals surface area (Å²) in [7, 11) is -4.06. The van der Waals surface area contributed by atoms with Gasteiger partial charge in [-0.1, -0.05) is 19.3 Å². The van der Waals surface area contributed by atoms with Gasteiger partial charge in [-0.3, -0.25) is 4.79 Å². The van der Waals surface area contributed by atoms with Crippen LogP contribution < -0.4 is 5.73 Å². The molecular formula is C21H27F4NO3S. The van der Waals surface area contributed by atoms with Gasteiger partial charge in [-0.05, 0) is 56.2 Å². The first-order valence-corrected chi connectivity index (χ1v) is 11.9. The molecule has 0 aliphatic heterocycles. The van der Waals surface area contributed by atoms with Crippen LogP contribution in [-0.4, -0.2) is 25.0 Å². The number of hydrogen-bond donors (Lipinski definition) is 1. The number of benzene rings is 1. The van der Waals surface area contributed by atoms with Crippen LogP contribution in [0.15, 0.2) is 23.1 Å². The topological polar surface area (TPSA) is 77.2 Å². The van der Waals surface area contributed by atoms with Crippen LogP contribution in [0.2, 0.25) is 0 Å². The van der Waals surface area contributed by atoms with Crippen molar-refractivity contribution in [2.24, 2.45) is 11.7 Å². The molecule has 0 atom stereocenters. The third kappa shape index (κ3) is 5.41. The Kier molecular flexibility index (Phi) is 6.63. The maximum absolute atomic E-state index is 13.6. The molecule has 0 amide bonds. The van der Waals surface area contributed by atoms with Gasteiger partial charge in [0.25, 0.3) is 0 Å². The first kappa shape index (κ1) is 23.2. The van der Waals surface area contributed by atoms with Gasteiger partial charge in [-0.15, -0.1) is 0 Å². The molecule has 30 heavy (non-hydrogen) atoms. The van der Waals surface area contributed by atoms with Crippen LogP contribution in [0, 0.1) is 11.7 Å². The average Bonchev–Trinajstić information content (AvgIpc) is 2.59. The first-order valence-electron chi connectivity index (χ1n) is 10.3. The van der Waals surface area contributed by atoms with E-state index in [1.807, 2.05) is 0 Å². The number of ketones is 1. The quantitative estimate of drug-likeness (QED) is 0.607. The number of carbonyl (C=O) groups is 1. The molecule has 0 heterocycles. The second-order valence-electron chi connectivity index (χ2n) is 8.85. The normalized spacial score (nSPS) is 24.3. The number of hydrogen-bond acceptors (Lipinski definition) is 4. The van der Waals surface area contributed by atoms with Crippen LogP contribution in [-0.2, 0) is 20.8 Å². The number of rotatable bonds is 7. The summed E-state index contributed by atoms with van der Waals surface area (Å²) >= 11 is 0. The molecule has 0 bridgehead atoms. The van der Waals surface area contributed by atoms with Crippen LogP contribution in [0.5, 0.6) is 0 Å². The molecule has 0 aromatic heterocycles. The molecular weight excluding hydrogens is 422 g/mol. The third-order valence-electron chi connectivity index (χ3n) is 6.39. The second-order valence-corrected chi connectivity index (χ2v) is 11.1. The van der Waals surface area contributed by atoms with E-state index in [0.717, 1.165) is 32.1 Å². The van der Waals surface area contributed by atoms with Crippen LogP contribution in [0.25, 0.3) is 0 Å². The van der Waals surface area contributed by atoms with E-state index in [9.17, 15) is 30.8 Å². The smallest absolute Gasteiger partial charge is 0.325 e. The van der Waals surface area contributed by atoms with Crippen molar-refractivity contribution in [1.82, 2.24) is 0 Å². The van der Waals surface area contributed by atoms with Gasteiger partial charge in [0, 0.05) is 18.4 Å². The van der Waals surface area contributed by atoms with Crippen LogP contribution in [0.4, 0.5) is 17.6 Å². The Morgan fingerprint density at radius 1 is 1.10 bits per heavy atom. The number of carbonyl (C=O) groups excluding carboxylic acids is 1. The monoisotopic (exact) mass is 449 g/mol. The predicted molar refractivity (Wildman–Crippen MR) is 104 cm³/mol. The molecule has 2 aliphatic carbocycles. The van der Waals surface area contributed by atoms with Crippen molar-refractivity contribution in [3.05, 3.63) is 29.6 Å². The molecule has 0 unspecified atom stereocenters. The molecule has 2 fully saturated rings. The summed E-state index contributed by atoms with van der Waals surface area (Å²) in [5.74, 6) is -1.14. The van der Waals surface area contributed by atoms with Crippen molar-refractivity contribution < 1.29 is 30.8 Å². The van der Waals surface area contributed by atoms with Crippen molar-refractivity contribution >= 4 is 15.6 Å². The van der Waals surface area contributed by atoms with Crippen molar-refractivity contribution in [1.29, 1.82) is 0 Å². The molecule has 4 nitrogen and oxygen atoms in total. The molecule has 3 rings (SSSR count). The van der Waals surface area contributed by atoms with Gasteiger partial charge in [-0.2, -0.15) is 13.2 Å². The lowest BCUT2D eigenvalue weighted by Gasteiger charge is -2.35. The molecule has 2 N–H and O–H groups in total. The summed E-state index contributed by atoms with van der Waals surface area (Å²) < 4.78 is 77.4. The van der Waals surface area contributed by atoms with Gasteiger partial charge in [0.1, 0.15) is 11.6 Å². The Balaban J connectivity index is 1.53. The summed E-state index contributed by atoms with van der Waals surface area (Å²) in [6.07, 6.45) is 1.80. The third-order valence-corrected chi connectivity index (χ3v) is 8.54. The summed E-state index contributed by atoms with van der Waals surface area (Å²) in [5, 5.41) is -0.848. The highest BCUT2D eigenvalue weighted by atomic mass is 32.2. The SMILES string of the molecule is NC1(CC(=O)CCC2CC(S(=O)(=O)c3cc(F)cc(C(F)(F)F)c3)C2)CCCCC1. The highest BCUT2D eigenvalue weighted by molar-refractivity contribution is 7.92. The number of Topliss-reactive ketones (excluding diaryl/α,β-unsaturated/α-hetero) is 1. The zero-order valence-electron chi connectivity index (χ0n) is 16.7. The van der Waals surface area contributed by atoms with E-state index in [2.05, 4.69) is 0 Å². The fraction of sp³-hybridized carbons (Fsp3) is 0.667. The largest absolute Gasteiger partial charge is 0.416 e. The molecule has 0 spiro atoms. The van der Waals surface area contributed by atoms with E-state index in [4.69, 9.17) is 5.73 Å². The van der Waals surface area contributed by atoms with Gasteiger partial charge in [-0.25, -0.2) is 12.8 Å². The van der Waals surface area contributed by atoms with E-state index >= 15 is 0 Å². The van der Waals surface area contributed by atoms with Gasteiger partial charge in [0.2, 0.25) is 0 Å². The minimum atomic E-state index is -4.83.